The maximum Gasteiger partial charge on any atom is 0.325 e. The van der Waals surface area contributed by atoms with E-state index >= 15 is 0 Å². The van der Waals surface area contributed by atoms with Crippen LogP contribution in [0.15, 0.2) is 33.9 Å². The lowest BCUT2D eigenvalue weighted by Crippen LogP contribution is -2.47. The number of hydrogen-bond donors (Lipinski definition) is 3. The predicted octanol–water partition coefficient (Wildman–Crippen LogP) is 1.04. The number of amides is 1. The molecule has 0 radical (unpaired) electrons. The summed E-state index contributed by atoms with van der Waals surface area (Å²) in [5.74, 6) is -0.431. The first-order valence-corrected chi connectivity index (χ1v) is 9.32. The summed E-state index contributed by atoms with van der Waals surface area (Å²) in [6.07, 6.45) is 1.55. The highest BCUT2D eigenvalue weighted by Crippen LogP contribution is 2.27. The summed E-state index contributed by atoms with van der Waals surface area (Å²) in [6.45, 7) is 2.45. The van der Waals surface area contributed by atoms with Crippen molar-refractivity contribution < 1.29 is 14.3 Å². The van der Waals surface area contributed by atoms with E-state index < -0.39 is 16.9 Å². The molecule has 0 bridgehead atoms. The van der Waals surface area contributed by atoms with Gasteiger partial charge in [-0.1, -0.05) is 12.1 Å². The summed E-state index contributed by atoms with van der Waals surface area (Å²) < 4.78 is 13.3. The van der Waals surface area contributed by atoms with E-state index in [1.807, 2.05) is 0 Å². The number of aromatic amines is 2. The molecule has 150 valence electrons. The third-order valence-corrected chi connectivity index (χ3v) is 5.31. The van der Waals surface area contributed by atoms with Crippen molar-refractivity contribution in [1.82, 2.24) is 14.9 Å². The summed E-state index contributed by atoms with van der Waals surface area (Å²) in [4.78, 5) is 42.0. The Morgan fingerprint density at radius 1 is 1.25 bits per heavy atom. The quantitative estimate of drug-likeness (QED) is 0.710. The highest BCUT2D eigenvalue weighted by Gasteiger charge is 2.34. The van der Waals surface area contributed by atoms with Gasteiger partial charge in [-0.15, -0.1) is 0 Å². The third-order valence-electron chi connectivity index (χ3n) is 5.31. The lowest BCUT2D eigenvalue weighted by atomic mass is 9.85. The number of aryl methyl sites for hydroxylation is 1. The lowest BCUT2D eigenvalue weighted by Gasteiger charge is -2.38. The van der Waals surface area contributed by atoms with Crippen molar-refractivity contribution in [2.24, 2.45) is 0 Å². The monoisotopic (exact) mass is 389 g/mol. The number of aliphatic hydroxyl groups is 1. The second-order valence-electron chi connectivity index (χ2n) is 7.42. The summed E-state index contributed by atoms with van der Waals surface area (Å²) in [5, 5.41) is 10.8. The van der Waals surface area contributed by atoms with E-state index in [-0.39, 0.29) is 24.6 Å². The Kier molecular flexibility index (Phi) is 5.79. The van der Waals surface area contributed by atoms with Crippen LogP contribution in [-0.2, 0) is 17.6 Å². The molecule has 0 saturated carbocycles. The highest BCUT2D eigenvalue weighted by atomic mass is 19.1. The minimum Gasteiger partial charge on any atom is -0.389 e. The number of nitrogens with zero attached hydrogens (tertiary/aromatic N) is 1. The van der Waals surface area contributed by atoms with Crippen LogP contribution >= 0.6 is 0 Å². The second kappa shape index (κ2) is 8.10. The van der Waals surface area contributed by atoms with Gasteiger partial charge < -0.3 is 15.0 Å². The van der Waals surface area contributed by atoms with Gasteiger partial charge in [-0.2, -0.15) is 0 Å². The van der Waals surface area contributed by atoms with Crippen molar-refractivity contribution in [2.45, 2.75) is 44.6 Å². The fourth-order valence-electron chi connectivity index (χ4n) is 3.69. The molecule has 1 fully saturated rings. The second-order valence-corrected chi connectivity index (χ2v) is 7.42. The van der Waals surface area contributed by atoms with Crippen LogP contribution < -0.4 is 11.2 Å². The number of carbonyl (C=O) groups excluding carboxylic acids is 1. The van der Waals surface area contributed by atoms with Crippen molar-refractivity contribution >= 4 is 5.91 Å². The van der Waals surface area contributed by atoms with Crippen molar-refractivity contribution in [3.8, 4) is 0 Å². The number of piperidine rings is 1. The minimum atomic E-state index is -0.961. The van der Waals surface area contributed by atoms with Gasteiger partial charge in [0.15, 0.2) is 0 Å². The molecule has 8 heteroatoms. The lowest BCUT2D eigenvalue weighted by molar-refractivity contribution is -0.135. The van der Waals surface area contributed by atoms with Crippen LogP contribution in [-0.4, -0.2) is 44.6 Å². The van der Waals surface area contributed by atoms with Crippen molar-refractivity contribution in [1.29, 1.82) is 0 Å². The number of aromatic nitrogens is 2. The Morgan fingerprint density at radius 3 is 2.61 bits per heavy atom. The zero-order chi connectivity index (χ0) is 20.3. The number of carbonyl (C=O) groups is 1. The number of likely N-dealkylation sites (tertiary alicyclic amines) is 1. The molecule has 0 unspecified atom stereocenters. The third kappa shape index (κ3) is 4.75. The standard InChI is InChI=1S/C20H24FN3O4/c1-13-16(18(26)23-19(27)22-13)5-6-17(25)24-9-7-20(28,8-10-24)12-14-3-2-4-15(21)11-14/h2-4,11,28H,5-10,12H2,1H3,(H2,22,23,26,27). The Labute approximate surface area is 161 Å². The zero-order valence-corrected chi connectivity index (χ0v) is 15.8. The smallest absolute Gasteiger partial charge is 0.325 e. The van der Waals surface area contributed by atoms with Gasteiger partial charge in [-0.25, -0.2) is 9.18 Å². The van der Waals surface area contributed by atoms with E-state index in [2.05, 4.69) is 9.97 Å². The highest BCUT2D eigenvalue weighted by molar-refractivity contribution is 5.76. The van der Waals surface area contributed by atoms with Gasteiger partial charge in [0, 0.05) is 37.2 Å². The topological polar surface area (TPSA) is 106 Å². The first-order valence-electron chi connectivity index (χ1n) is 9.32. The zero-order valence-electron chi connectivity index (χ0n) is 15.8. The number of benzene rings is 1. The molecule has 2 heterocycles. The largest absolute Gasteiger partial charge is 0.389 e. The first-order chi connectivity index (χ1) is 13.3. The molecule has 0 aliphatic carbocycles. The number of nitrogens with one attached hydrogen (secondary N) is 2. The van der Waals surface area contributed by atoms with Crippen molar-refractivity contribution in [3.63, 3.8) is 0 Å². The molecule has 0 spiro atoms. The maximum atomic E-state index is 13.3. The molecule has 2 aromatic rings. The molecule has 1 aromatic carbocycles. The van der Waals surface area contributed by atoms with Crippen LogP contribution in [0.25, 0.3) is 0 Å². The summed E-state index contributed by atoms with van der Waals surface area (Å²) in [7, 11) is 0. The average molecular weight is 389 g/mol. The van der Waals surface area contributed by atoms with Crippen LogP contribution in [0.4, 0.5) is 4.39 Å². The average Bonchev–Trinajstić information content (AvgIpc) is 2.61. The molecular formula is C20H24FN3O4. The number of H-pyrrole nitrogens is 2. The number of hydrogen-bond acceptors (Lipinski definition) is 4. The van der Waals surface area contributed by atoms with Crippen LogP contribution in [0.1, 0.15) is 36.1 Å². The summed E-state index contributed by atoms with van der Waals surface area (Å²) in [5.41, 5.74) is -0.410. The Hall–Kier alpha value is -2.74. The van der Waals surface area contributed by atoms with Gasteiger partial charge in [0.25, 0.3) is 5.56 Å². The van der Waals surface area contributed by atoms with Gasteiger partial charge >= 0.3 is 5.69 Å². The van der Waals surface area contributed by atoms with Gasteiger partial charge in [0.1, 0.15) is 5.82 Å². The molecule has 1 aromatic heterocycles. The summed E-state index contributed by atoms with van der Waals surface area (Å²) >= 11 is 0. The van der Waals surface area contributed by atoms with E-state index in [1.54, 1.807) is 24.0 Å². The molecule has 3 rings (SSSR count). The van der Waals surface area contributed by atoms with Crippen LogP contribution in [0.2, 0.25) is 0 Å². The van der Waals surface area contributed by atoms with Gasteiger partial charge in [0.2, 0.25) is 5.91 Å². The Morgan fingerprint density at radius 2 is 1.96 bits per heavy atom. The van der Waals surface area contributed by atoms with E-state index in [0.717, 1.165) is 5.56 Å². The molecule has 7 nitrogen and oxygen atoms in total. The molecular weight excluding hydrogens is 365 g/mol. The molecule has 1 saturated heterocycles. The molecule has 28 heavy (non-hydrogen) atoms. The van der Waals surface area contributed by atoms with E-state index in [0.29, 0.717) is 43.6 Å². The van der Waals surface area contributed by atoms with Crippen LogP contribution in [0, 0.1) is 12.7 Å². The van der Waals surface area contributed by atoms with E-state index in [1.165, 1.54) is 12.1 Å². The van der Waals surface area contributed by atoms with Gasteiger partial charge in [0.05, 0.1) is 5.60 Å². The normalized spacial score (nSPS) is 16.2. The predicted molar refractivity (Wildman–Crippen MR) is 102 cm³/mol. The SMILES string of the molecule is Cc1[nH]c(=O)[nH]c(=O)c1CCC(=O)N1CCC(O)(Cc2cccc(F)c2)CC1. The van der Waals surface area contributed by atoms with Crippen molar-refractivity contribution in [3.05, 3.63) is 67.7 Å². The molecule has 1 amide bonds. The van der Waals surface area contributed by atoms with Gasteiger partial charge in [-0.05, 0) is 43.9 Å². The van der Waals surface area contributed by atoms with E-state index in [9.17, 15) is 23.9 Å². The first kappa shape index (κ1) is 20.0. The maximum absolute atomic E-state index is 13.3. The van der Waals surface area contributed by atoms with Crippen LogP contribution in [0.3, 0.4) is 0 Å². The number of halogens is 1. The van der Waals surface area contributed by atoms with E-state index in [4.69, 9.17) is 0 Å². The fraction of sp³-hybridized carbons (Fsp3) is 0.450. The molecule has 1 aliphatic rings. The van der Waals surface area contributed by atoms with Gasteiger partial charge in [-0.3, -0.25) is 14.6 Å². The summed E-state index contributed by atoms with van der Waals surface area (Å²) in [6, 6.07) is 6.18. The number of rotatable bonds is 5. The fourth-order valence-corrected chi connectivity index (χ4v) is 3.69. The minimum absolute atomic E-state index is 0.0993. The Balaban J connectivity index is 1.55. The molecule has 1 aliphatic heterocycles. The van der Waals surface area contributed by atoms with Crippen LogP contribution in [0.5, 0.6) is 0 Å². The molecule has 3 N–H and O–H groups in total. The Bertz CT molecular complexity index is 974. The van der Waals surface area contributed by atoms with Crippen molar-refractivity contribution in [2.75, 3.05) is 13.1 Å². The molecule has 0 atom stereocenters.